The lowest BCUT2D eigenvalue weighted by atomic mass is 10.3. The molecule has 18 heavy (non-hydrogen) atoms. The number of ether oxygens (including phenoxy) is 1. The van der Waals surface area contributed by atoms with Crippen LogP contribution in [0.2, 0.25) is 0 Å². The van der Waals surface area contributed by atoms with Gasteiger partial charge in [0.15, 0.2) is 15.6 Å². The normalized spacial score (nSPS) is 11.2. The maximum Gasteiger partial charge on any atom is 0.312 e. The second-order valence-corrected chi connectivity index (χ2v) is 5.67. The predicted molar refractivity (Wildman–Crippen MR) is 65.4 cm³/mol. The van der Waals surface area contributed by atoms with Gasteiger partial charge in [-0.1, -0.05) is 0 Å². The van der Waals surface area contributed by atoms with Crippen LogP contribution in [0.5, 0.6) is 5.75 Å². The molecular formula is C10H14N2O5S. The summed E-state index contributed by atoms with van der Waals surface area (Å²) in [6, 6.07) is 3.55. The molecule has 0 saturated carbocycles. The number of rotatable bonds is 6. The molecule has 0 aliphatic rings. The van der Waals surface area contributed by atoms with Gasteiger partial charge in [0.05, 0.1) is 16.4 Å². The highest BCUT2D eigenvalue weighted by Crippen LogP contribution is 2.29. The third kappa shape index (κ3) is 3.67. The highest BCUT2D eigenvalue weighted by atomic mass is 32.2. The number of sulfone groups is 1. The number of nitrogens with two attached hydrogens (primary N) is 1. The molecule has 7 nitrogen and oxygen atoms in total. The van der Waals surface area contributed by atoms with Crippen LogP contribution in [0.1, 0.15) is 6.42 Å². The van der Waals surface area contributed by atoms with E-state index >= 15 is 0 Å². The smallest absolute Gasteiger partial charge is 0.312 e. The molecule has 0 saturated heterocycles. The lowest BCUT2D eigenvalue weighted by Crippen LogP contribution is -2.07. The van der Waals surface area contributed by atoms with Crippen molar-refractivity contribution in [1.29, 1.82) is 0 Å². The lowest BCUT2D eigenvalue weighted by Gasteiger charge is -2.07. The quantitative estimate of drug-likeness (QED) is 0.464. The van der Waals surface area contributed by atoms with E-state index in [2.05, 4.69) is 0 Å². The van der Waals surface area contributed by atoms with Crippen molar-refractivity contribution in [3.05, 3.63) is 28.3 Å². The molecule has 0 aliphatic heterocycles. The molecule has 1 rings (SSSR count). The van der Waals surface area contributed by atoms with Crippen molar-refractivity contribution >= 4 is 15.5 Å². The van der Waals surface area contributed by atoms with Crippen molar-refractivity contribution in [1.82, 2.24) is 0 Å². The van der Waals surface area contributed by atoms with E-state index in [-0.39, 0.29) is 22.9 Å². The van der Waals surface area contributed by atoms with Crippen LogP contribution in [-0.2, 0) is 9.84 Å². The Kier molecular flexibility index (Phi) is 4.62. The van der Waals surface area contributed by atoms with E-state index < -0.39 is 14.8 Å². The SMILES string of the molecule is CS(=O)(=O)c1ccc(OCCCN)c([N+](=O)[O-])c1. The predicted octanol–water partition coefficient (Wildman–Crippen LogP) is 0.726. The molecule has 0 unspecified atom stereocenters. The minimum absolute atomic E-state index is 0.0425. The molecule has 0 radical (unpaired) electrons. The number of nitro groups is 1. The number of hydrogen-bond donors (Lipinski definition) is 1. The average molecular weight is 274 g/mol. The standard InChI is InChI=1S/C10H14N2O5S/c1-18(15,16)8-3-4-10(17-6-2-5-11)9(7-8)12(13)14/h3-4,7H,2,5-6,11H2,1H3. The first kappa shape index (κ1) is 14.4. The zero-order valence-corrected chi connectivity index (χ0v) is 10.6. The molecule has 8 heteroatoms. The number of nitro benzene ring substituents is 1. The van der Waals surface area contributed by atoms with Gasteiger partial charge in [-0.15, -0.1) is 0 Å². The van der Waals surface area contributed by atoms with E-state index in [1.807, 2.05) is 0 Å². The van der Waals surface area contributed by atoms with Gasteiger partial charge in [0.1, 0.15) is 0 Å². The molecule has 0 atom stereocenters. The second kappa shape index (κ2) is 5.78. The number of benzene rings is 1. The maximum absolute atomic E-state index is 11.3. The van der Waals surface area contributed by atoms with Gasteiger partial charge in [0.2, 0.25) is 0 Å². The lowest BCUT2D eigenvalue weighted by molar-refractivity contribution is -0.386. The minimum Gasteiger partial charge on any atom is -0.487 e. The van der Waals surface area contributed by atoms with E-state index in [0.717, 1.165) is 12.3 Å². The van der Waals surface area contributed by atoms with Crippen molar-refractivity contribution in [2.75, 3.05) is 19.4 Å². The summed E-state index contributed by atoms with van der Waals surface area (Å²) in [6.45, 7) is 0.658. The first-order valence-corrected chi connectivity index (χ1v) is 7.06. The van der Waals surface area contributed by atoms with Crippen molar-refractivity contribution in [2.45, 2.75) is 11.3 Å². The summed E-state index contributed by atoms with van der Waals surface area (Å²) in [7, 11) is -3.48. The summed E-state index contributed by atoms with van der Waals surface area (Å²) in [5, 5.41) is 10.8. The molecule has 0 spiro atoms. The Bertz CT molecular complexity index is 541. The summed E-state index contributed by atoms with van der Waals surface area (Å²) in [4.78, 5) is 10.1. The molecule has 2 N–H and O–H groups in total. The number of hydrogen-bond acceptors (Lipinski definition) is 6. The average Bonchev–Trinajstić information content (AvgIpc) is 2.28. The molecule has 1 aromatic rings. The van der Waals surface area contributed by atoms with Crippen LogP contribution in [-0.4, -0.2) is 32.7 Å². The Morgan fingerprint density at radius 1 is 1.44 bits per heavy atom. The Balaban J connectivity index is 3.09. The monoisotopic (exact) mass is 274 g/mol. The Morgan fingerprint density at radius 2 is 2.11 bits per heavy atom. The van der Waals surface area contributed by atoms with Crippen molar-refractivity contribution in [3.63, 3.8) is 0 Å². The van der Waals surface area contributed by atoms with Crippen LogP contribution in [0.4, 0.5) is 5.69 Å². The zero-order valence-electron chi connectivity index (χ0n) is 9.83. The summed E-state index contributed by atoms with van der Waals surface area (Å²) in [6.07, 6.45) is 1.55. The highest BCUT2D eigenvalue weighted by molar-refractivity contribution is 7.90. The summed E-state index contributed by atoms with van der Waals surface area (Å²) in [5.74, 6) is 0.0425. The summed E-state index contributed by atoms with van der Waals surface area (Å²) < 4.78 is 27.8. The molecule has 0 aromatic heterocycles. The van der Waals surface area contributed by atoms with Crippen molar-refractivity contribution < 1.29 is 18.1 Å². The molecule has 0 aliphatic carbocycles. The fraction of sp³-hybridized carbons (Fsp3) is 0.400. The fourth-order valence-electron chi connectivity index (χ4n) is 1.26. The molecular weight excluding hydrogens is 260 g/mol. The van der Waals surface area contributed by atoms with Crippen LogP contribution in [0, 0.1) is 10.1 Å². The van der Waals surface area contributed by atoms with Gasteiger partial charge in [0, 0.05) is 12.3 Å². The van der Waals surface area contributed by atoms with Gasteiger partial charge in [0.25, 0.3) is 0 Å². The molecule has 0 fully saturated rings. The molecule has 1 aromatic carbocycles. The Morgan fingerprint density at radius 3 is 2.61 bits per heavy atom. The van der Waals surface area contributed by atoms with Crippen molar-refractivity contribution in [2.24, 2.45) is 5.73 Å². The Hall–Kier alpha value is -1.67. The van der Waals surface area contributed by atoms with E-state index in [0.29, 0.717) is 13.0 Å². The second-order valence-electron chi connectivity index (χ2n) is 3.65. The van der Waals surface area contributed by atoms with Gasteiger partial charge in [-0.25, -0.2) is 8.42 Å². The third-order valence-corrected chi connectivity index (χ3v) is 3.27. The summed E-state index contributed by atoms with van der Waals surface area (Å²) >= 11 is 0. The van der Waals surface area contributed by atoms with E-state index in [1.165, 1.54) is 12.1 Å². The first-order chi connectivity index (χ1) is 8.36. The molecule has 0 bridgehead atoms. The van der Waals surface area contributed by atoms with Gasteiger partial charge >= 0.3 is 5.69 Å². The van der Waals surface area contributed by atoms with E-state index in [1.54, 1.807) is 0 Å². The van der Waals surface area contributed by atoms with Crippen LogP contribution in [0.3, 0.4) is 0 Å². The molecule has 100 valence electrons. The van der Waals surface area contributed by atoms with E-state index in [9.17, 15) is 18.5 Å². The summed E-state index contributed by atoms with van der Waals surface area (Å²) in [5.41, 5.74) is 4.91. The van der Waals surface area contributed by atoms with Gasteiger partial charge in [-0.3, -0.25) is 10.1 Å². The van der Waals surface area contributed by atoms with Gasteiger partial charge in [-0.2, -0.15) is 0 Å². The largest absolute Gasteiger partial charge is 0.487 e. The third-order valence-electron chi connectivity index (χ3n) is 2.16. The van der Waals surface area contributed by atoms with Crippen LogP contribution in [0.15, 0.2) is 23.1 Å². The topological polar surface area (TPSA) is 113 Å². The minimum atomic E-state index is -3.48. The van der Waals surface area contributed by atoms with Crippen LogP contribution in [0.25, 0.3) is 0 Å². The van der Waals surface area contributed by atoms with E-state index in [4.69, 9.17) is 10.5 Å². The maximum atomic E-state index is 11.3. The zero-order chi connectivity index (χ0) is 13.8. The fourth-order valence-corrected chi connectivity index (χ4v) is 1.90. The van der Waals surface area contributed by atoms with Crippen LogP contribution >= 0.6 is 0 Å². The van der Waals surface area contributed by atoms with Crippen LogP contribution < -0.4 is 10.5 Å². The van der Waals surface area contributed by atoms with Gasteiger partial charge < -0.3 is 10.5 Å². The number of nitrogens with zero attached hydrogens (tertiary/aromatic N) is 1. The molecule has 0 amide bonds. The van der Waals surface area contributed by atoms with Gasteiger partial charge in [-0.05, 0) is 25.1 Å². The highest BCUT2D eigenvalue weighted by Gasteiger charge is 2.19. The van der Waals surface area contributed by atoms with Crippen molar-refractivity contribution in [3.8, 4) is 5.75 Å². The first-order valence-electron chi connectivity index (χ1n) is 5.17. The molecule has 0 heterocycles. The Labute approximate surface area is 105 Å².